The van der Waals surface area contributed by atoms with Gasteiger partial charge in [-0.1, -0.05) is 24.3 Å². The van der Waals surface area contributed by atoms with Crippen LogP contribution in [0.4, 0.5) is 4.79 Å². The van der Waals surface area contributed by atoms with E-state index in [1.165, 1.54) is 0 Å². The Morgan fingerprint density at radius 2 is 1.88 bits per heavy atom. The Labute approximate surface area is 153 Å². The molecule has 3 aliphatic rings. The average molecular weight is 356 g/mol. The highest BCUT2D eigenvalue weighted by Crippen LogP contribution is 2.45. The predicted octanol–water partition coefficient (Wildman–Crippen LogP) is 2.60. The maximum atomic E-state index is 13.1. The number of carbonyl (C=O) groups excluding carboxylic acids is 3. The molecule has 0 saturated carbocycles. The largest absolute Gasteiger partial charge is 0.427 e. The van der Waals surface area contributed by atoms with Crippen molar-refractivity contribution in [3.05, 3.63) is 35.4 Å². The lowest BCUT2D eigenvalue weighted by Gasteiger charge is -2.39. The molecule has 26 heavy (non-hydrogen) atoms. The van der Waals surface area contributed by atoms with Crippen molar-refractivity contribution in [1.29, 1.82) is 0 Å². The first-order chi connectivity index (χ1) is 12.4. The molecule has 2 fully saturated rings. The first-order valence-electron chi connectivity index (χ1n) is 9.38. The van der Waals surface area contributed by atoms with Crippen molar-refractivity contribution in [2.24, 2.45) is 0 Å². The van der Waals surface area contributed by atoms with Crippen LogP contribution in [0.1, 0.15) is 50.7 Å². The number of likely N-dealkylation sites (tertiary alicyclic amines) is 1. The molecule has 0 unspecified atom stereocenters. The second-order valence-electron chi connectivity index (χ2n) is 7.67. The van der Waals surface area contributed by atoms with E-state index in [1.807, 2.05) is 43.0 Å². The third-order valence-electron chi connectivity index (χ3n) is 6.05. The van der Waals surface area contributed by atoms with Crippen LogP contribution in [0.15, 0.2) is 24.3 Å². The minimum absolute atomic E-state index is 0.126. The summed E-state index contributed by atoms with van der Waals surface area (Å²) in [6.07, 6.45) is 3.42. The second-order valence-corrected chi connectivity index (χ2v) is 7.67. The number of rotatable bonds is 2. The number of amides is 3. The Kier molecular flexibility index (Phi) is 4.01. The van der Waals surface area contributed by atoms with Gasteiger partial charge in [0.25, 0.3) is 5.91 Å². The van der Waals surface area contributed by atoms with Gasteiger partial charge < -0.3 is 9.64 Å². The fourth-order valence-corrected chi connectivity index (χ4v) is 4.72. The summed E-state index contributed by atoms with van der Waals surface area (Å²) < 4.78 is 5.57. The van der Waals surface area contributed by atoms with Crippen LogP contribution in [-0.4, -0.2) is 46.3 Å². The van der Waals surface area contributed by atoms with E-state index < -0.39 is 17.6 Å². The van der Waals surface area contributed by atoms with Crippen LogP contribution in [0.2, 0.25) is 0 Å². The van der Waals surface area contributed by atoms with E-state index in [0.29, 0.717) is 12.8 Å². The zero-order valence-electron chi connectivity index (χ0n) is 15.2. The van der Waals surface area contributed by atoms with Gasteiger partial charge in [0.2, 0.25) is 11.5 Å². The van der Waals surface area contributed by atoms with Gasteiger partial charge in [-0.15, -0.1) is 0 Å². The van der Waals surface area contributed by atoms with Crippen molar-refractivity contribution in [3.8, 4) is 0 Å². The molecule has 1 aromatic rings. The van der Waals surface area contributed by atoms with E-state index >= 15 is 0 Å². The van der Waals surface area contributed by atoms with Crippen molar-refractivity contribution in [3.63, 3.8) is 0 Å². The summed E-state index contributed by atoms with van der Waals surface area (Å²) in [4.78, 5) is 41.2. The number of imide groups is 1. The molecule has 2 saturated heterocycles. The number of hydrogen-bond acceptors (Lipinski definition) is 4. The molecule has 0 N–H and O–H groups in total. The van der Waals surface area contributed by atoms with E-state index in [4.69, 9.17) is 4.74 Å². The maximum absolute atomic E-state index is 13.1. The van der Waals surface area contributed by atoms with Gasteiger partial charge in [-0.05, 0) is 45.1 Å². The van der Waals surface area contributed by atoms with Crippen LogP contribution in [0.3, 0.4) is 0 Å². The minimum Gasteiger partial charge on any atom is -0.427 e. The van der Waals surface area contributed by atoms with Crippen molar-refractivity contribution < 1.29 is 19.1 Å². The SMILES string of the molecule is C[C@@H]1CCC[C@H](C)N1C(=O)CN1C(=O)O[C@]2(CCc3ccccc32)C1=O. The van der Waals surface area contributed by atoms with Crippen molar-refractivity contribution in [1.82, 2.24) is 9.80 Å². The van der Waals surface area contributed by atoms with Gasteiger partial charge in [-0.3, -0.25) is 9.59 Å². The summed E-state index contributed by atoms with van der Waals surface area (Å²) in [6, 6.07) is 7.81. The molecule has 0 radical (unpaired) electrons. The monoisotopic (exact) mass is 356 g/mol. The number of piperidine rings is 1. The summed E-state index contributed by atoms with van der Waals surface area (Å²) in [5, 5.41) is 0. The standard InChI is InChI=1S/C20H24N2O4/c1-13-6-5-7-14(2)22(13)17(23)12-21-18(24)20(26-19(21)25)11-10-15-8-3-4-9-16(15)20/h3-4,8-9,13-14H,5-7,10-12H2,1-2H3/t13-,14+,20-/m0/s1. The van der Waals surface area contributed by atoms with Crippen LogP contribution in [0, 0.1) is 0 Å². The lowest BCUT2D eigenvalue weighted by molar-refractivity contribution is -0.144. The first-order valence-corrected chi connectivity index (χ1v) is 9.38. The molecule has 3 atom stereocenters. The average Bonchev–Trinajstić information content (AvgIpc) is 3.09. The number of benzene rings is 1. The summed E-state index contributed by atoms with van der Waals surface area (Å²) in [5.41, 5.74) is 0.542. The molecule has 138 valence electrons. The molecular weight excluding hydrogens is 332 g/mol. The maximum Gasteiger partial charge on any atom is 0.418 e. The summed E-state index contributed by atoms with van der Waals surface area (Å²) in [5.74, 6) is -0.587. The molecule has 1 spiro atoms. The summed E-state index contributed by atoms with van der Waals surface area (Å²) in [6.45, 7) is 3.80. The summed E-state index contributed by atoms with van der Waals surface area (Å²) >= 11 is 0. The van der Waals surface area contributed by atoms with E-state index in [0.717, 1.165) is 35.3 Å². The Hall–Kier alpha value is -2.37. The zero-order chi connectivity index (χ0) is 18.5. The van der Waals surface area contributed by atoms with Gasteiger partial charge in [0.05, 0.1) is 0 Å². The number of carbonyl (C=O) groups is 3. The fourth-order valence-electron chi connectivity index (χ4n) is 4.72. The van der Waals surface area contributed by atoms with Gasteiger partial charge in [0, 0.05) is 24.1 Å². The highest BCUT2D eigenvalue weighted by molar-refractivity contribution is 6.06. The first kappa shape index (κ1) is 17.1. The van der Waals surface area contributed by atoms with Crippen molar-refractivity contribution in [2.75, 3.05) is 6.54 Å². The topological polar surface area (TPSA) is 66.9 Å². The number of nitrogens with zero attached hydrogens (tertiary/aromatic N) is 2. The molecule has 2 heterocycles. The normalized spacial score (nSPS) is 30.7. The molecule has 6 nitrogen and oxygen atoms in total. The van der Waals surface area contributed by atoms with Crippen LogP contribution in [0.25, 0.3) is 0 Å². The smallest absolute Gasteiger partial charge is 0.418 e. The molecule has 6 heteroatoms. The number of fused-ring (bicyclic) bond motifs is 2. The van der Waals surface area contributed by atoms with Gasteiger partial charge in [-0.25, -0.2) is 9.69 Å². The number of aryl methyl sites for hydroxylation is 1. The van der Waals surface area contributed by atoms with Crippen molar-refractivity contribution in [2.45, 2.75) is 63.6 Å². The van der Waals surface area contributed by atoms with Crippen LogP contribution >= 0.6 is 0 Å². The van der Waals surface area contributed by atoms with E-state index in [1.54, 1.807) is 0 Å². The molecule has 3 amide bonds. The molecule has 0 aromatic heterocycles. The molecule has 1 aliphatic carbocycles. The molecule has 2 aliphatic heterocycles. The Bertz CT molecular complexity index is 767. The molecule has 1 aromatic carbocycles. The van der Waals surface area contributed by atoms with Crippen LogP contribution in [-0.2, 0) is 26.3 Å². The quantitative estimate of drug-likeness (QED) is 0.817. The highest BCUT2D eigenvalue weighted by Gasteiger charge is 2.58. The van der Waals surface area contributed by atoms with E-state index in [-0.39, 0.29) is 24.5 Å². The molecular formula is C20H24N2O4. The van der Waals surface area contributed by atoms with Crippen molar-refractivity contribution >= 4 is 17.9 Å². The Morgan fingerprint density at radius 3 is 2.62 bits per heavy atom. The van der Waals surface area contributed by atoms with Crippen LogP contribution < -0.4 is 0 Å². The zero-order valence-corrected chi connectivity index (χ0v) is 15.2. The second kappa shape index (κ2) is 6.11. The van der Waals surface area contributed by atoms with Gasteiger partial charge in [0.1, 0.15) is 6.54 Å². The summed E-state index contributed by atoms with van der Waals surface area (Å²) in [7, 11) is 0. The number of hydrogen-bond donors (Lipinski definition) is 0. The molecule has 4 rings (SSSR count). The number of ether oxygens (including phenoxy) is 1. The lowest BCUT2D eigenvalue weighted by Crippen LogP contribution is -2.52. The highest BCUT2D eigenvalue weighted by atomic mass is 16.6. The van der Waals surface area contributed by atoms with Crippen LogP contribution in [0.5, 0.6) is 0 Å². The van der Waals surface area contributed by atoms with Gasteiger partial charge in [0.15, 0.2) is 0 Å². The van der Waals surface area contributed by atoms with E-state index in [2.05, 4.69) is 0 Å². The lowest BCUT2D eigenvalue weighted by atomic mass is 9.95. The van der Waals surface area contributed by atoms with Gasteiger partial charge >= 0.3 is 6.09 Å². The van der Waals surface area contributed by atoms with Gasteiger partial charge in [-0.2, -0.15) is 0 Å². The Morgan fingerprint density at radius 1 is 1.19 bits per heavy atom. The Balaban J connectivity index is 1.57. The molecule has 0 bridgehead atoms. The third-order valence-corrected chi connectivity index (χ3v) is 6.05. The minimum atomic E-state index is -1.24. The predicted molar refractivity (Wildman–Crippen MR) is 94.3 cm³/mol. The third kappa shape index (κ3) is 2.42. The van der Waals surface area contributed by atoms with E-state index in [9.17, 15) is 14.4 Å². The fraction of sp³-hybridized carbons (Fsp3) is 0.550.